The van der Waals surface area contributed by atoms with Gasteiger partial charge in [0, 0.05) is 10.9 Å². The second-order valence-electron chi connectivity index (χ2n) is 5.34. The van der Waals surface area contributed by atoms with Gasteiger partial charge >= 0.3 is 0 Å². The number of anilines is 1. The van der Waals surface area contributed by atoms with E-state index < -0.39 is 0 Å². The van der Waals surface area contributed by atoms with Crippen LogP contribution >= 0.6 is 11.3 Å². The van der Waals surface area contributed by atoms with E-state index in [4.69, 9.17) is 5.73 Å². The lowest BCUT2D eigenvalue weighted by Gasteiger charge is -2.18. The molecular weight excluding hydrogens is 232 g/mol. The molecule has 0 aromatic carbocycles. The van der Waals surface area contributed by atoms with Crippen LogP contribution in [0.3, 0.4) is 0 Å². The van der Waals surface area contributed by atoms with Crippen LogP contribution in [0.15, 0.2) is 0 Å². The SMILES string of the molecule is CC1CCc2c(sc(N)c2C(=O)NC2CC2)C1. The van der Waals surface area contributed by atoms with Gasteiger partial charge in [0.25, 0.3) is 5.91 Å². The van der Waals surface area contributed by atoms with Crippen molar-refractivity contribution in [1.29, 1.82) is 0 Å². The summed E-state index contributed by atoms with van der Waals surface area (Å²) < 4.78 is 0. The number of amides is 1. The fourth-order valence-electron chi connectivity index (χ4n) is 2.51. The first kappa shape index (κ1) is 11.1. The molecule has 0 aliphatic heterocycles. The van der Waals surface area contributed by atoms with Gasteiger partial charge in [-0.05, 0) is 43.6 Å². The molecule has 1 fully saturated rings. The zero-order valence-electron chi connectivity index (χ0n) is 10.1. The molecule has 0 saturated heterocycles. The van der Waals surface area contributed by atoms with Gasteiger partial charge in [-0.1, -0.05) is 6.92 Å². The lowest BCUT2D eigenvalue weighted by Crippen LogP contribution is -2.27. The Bertz CT molecular complexity index is 462. The zero-order chi connectivity index (χ0) is 12.0. The lowest BCUT2D eigenvalue weighted by atomic mass is 9.88. The summed E-state index contributed by atoms with van der Waals surface area (Å²) in [5, 5.41) is 3.76. The molecule has 1 atom stereocenters. The average molecular weight is 250 g/mol. The van der Waals surface area contributed by atoms with Crippen LogP contribution in [-0.2, 0) is 12.8 Å². The van der Waals surface area contributed by atoms with E-state index in [0.29, 0.717) is 11.0 Å². The maximum Gasteiger partial charge on any atom is 0.254 e. The molecule has 2 aliphatic carbocycles. The quantitative estimate of drug-likeness (QED) is 0.846. The number of hydrogen-bond acceptors (Lipinski definition) is 3. The summed E-state index contributed by atoms with van der Waals surface area (Å²) in [5.41, 5.74) is 8.03. The molecule has 3 N–H and O–H groups in total. The molecule has 0 radical (unpaired) electrons. The van der Waals surface area contributed by atoms with E-state index in [1.807, 2.05) is 0 Å². The molecule has 17 heavy (non-hydrogen) atoms. The summed E-state index contributed by atoms with van der Waals surface area (Å²) >= 11 is 1.61. The van der Waals surface area contributed by atoms with Crippen LogP contribution in [0.25, 0.3) is 0 Å². The molecule has 1 heterocycles. The van der Waals surface area contributed by atoms with E-state index in [2.05, 4.69) is 12.2 Å². The maximum atomic E-state index is 12.1. The van der Waals surface area contributed by atoms with Gasteiger partial charge in [0.05, 0.1) is 10.6 Å². The molecule has 0 bridgehead atoms. The summed E-state index contributed by atoms with van der Waals surface area (Å²) in [6.07, 6.45) is 5.51. The maximum absolute atomic E-state index is 12.1. The number of fused-ring (bicyclic) bond motifs is 1. The number of rotatable bonds is 2. The van der Waals surface area contributed by atoms with E-state index in [9.17, 15) is 4.79 Å². The Labute approximate surface area is 105 Å². The van der Waals surface area contributed by atoms with Crippen LogP contribution in [0.1, 0.15) is 47.0 Å². The predicted octanol–water partition coefficient (Wildman–Crippen LogP) is 2.35. The molecule has 1 amide bonds. The van der Waals surface area contributed by atoms with Gasteiger partial charge in [0.1, 0.15) is 0 Å². The van der Waals surface area contributed by atoms with E-state index in [0.717, 1.165) is 37.2 Å². The van der Waals surface area contributed by atoms with Gasteiger partial charge in [0.15, 0.2) is 0 Å². The first-order chi connectivity index (χ1) is 8.15. The number of thiophene rings is 1. The van der Waals surface area contributed by atoms with Crippen LogP contribution in [0, 0.1) is 5.92 Å². The van der Waals surface area contributed by atoms with Crippen LogP contribution in [-0.4, -0.2) is 11.9 Å². The Kier molecular flexibility index (Phi) is 2.62. The van der Waals surface area contributed by atoms with Gasteiger partial charge < -0.3 is 11.1 Å². The van der Waals surface area contributed by atoms with Gasteiger partial charge in [0.2, 0.25) is 0 Å². The lowest BCUT2D eigenvalue weighted by molar-refractivity contribution is 0.0951. The highest BCUT2D eigenvalue weighted by Crippen LogP contribution is 2.38. The zero-order valence-corrected chi connectivity index (χ0v) is 10.9. The monoisotopic (exact) mass is 250 g/mol. The molecular formula is C13H18N2OS. The summed E-state index contributed by atoms with van der Waals surface area (Å²) in [6.45, 7) is 2.27. The van der Waals surface area contributed by atoms with Crippen LogP contribution in [0.5, 0.6) is 0 Å². The molecule has 0 spiro atoms. The second kappa shape index (κ2) is 4.02. The summed E-state index contributed by atoms with van der Waals surface area (Å²) in [6, 6.07) is 0.403. The number of carbonyl (C=O) groups is 1. The van der Waals surface area contributed by atoms with E-state index in [-0.39, 0.29) is 5.91 Å². The molecule has 2 aliphatic rings. The molecule has 1 unspecified atom stereocenters. The van der Waals surface area contributed by atoms with E-state index in [1.54, 1.807) is 11.3 Å². The van der Waals surface area contributed by atoms with Crippen molar-refractivity contribution in [2.24, 2.45) is 5.92 Å². The first-order valence-corrected chi connectivity index (χ1v) is 7.17. The van der Waals surface area contributed by atoms with Crippen molar-refractivity contribution in [1.82, 2.24) is 5.32 Å². The highest BCUT2D eigenvalue weighted by molar-refractivity contribution is 7.16. The van der Waals surface area contributed by atoms with Gasteiger partial charge in [-0.25, -0.2) is 0 Å². The van der Waals surface area contributed by atoms with Crippen LogP contribution in [0.2, 0.25) is 0 Å². The first-order valence-electron chi connectivity index (χ1n) is 6.36. The summed E-state index contributed by atoms with van der Waals surface area (Å²) in [7, 11) is 0. The number of hydrogen-bond donors (Lipinski definition) is 2. The Balaban J connectivity index is 1.90. The van der Waals surface area contributed by atoms with Gasteiger partial charge in [-0.15, -0.1) is 11.3 Å². The van der Waals surface area contributed by atoms with Crippen LogP contribution < -0.4 is 11.1 Å². The highest BCUT2D eigenvalue weighted by atomic mass is 32.1. The third-order valence-corrected chi connectivity index (χ3v) is 4.76. The number of carbonyl (C=O) groups excluding carboxylic acids is 1. The number of nitrogens with one attached hydrogen (secondary N) is 1. The standard InChI is InChI=1S/C13H18N2OS/c1-7-2-5-9-10(6-7)17-12(14)11(9)13(16)15-8-3-4-8/h7-8H,2-6,14H2,1H3,(H,15,16). The smallest absolute Gasteiger partial charge is 0.254 e. The molecule has 1 aromatic rings. The number of nitrogen functional groups attached to an aromatic ring is 1. The topological polar surface area (TPSA) is 55.1 Å². The van der Waals surface area contributed by atoms with Crippen molar-refractivity contribution in [2.75, 3.05) is 5.73 Å². The van der Waals surface area contributed by atoms with E-state index >= 15 is 0 Å². The number of nitrogens with two attached hydrogens (primary N) is 1. The third kappa shape index (κ3) is 2.06. The minimum Gasteiger partial charge on any atom is -0.390 e. The minimum atomic E-state index is 0.0528. The van der Waals surface area contributed by atoms with Gasteiger partial charge in [-0.2, -0.15) is 0 Å². The molecule has 3 nitrogen and oxygen atoms in total. The molecule has 1 saturated carbocycles. The minimum absolute atomic E-state index is 0.0528. The average Bonchev–Trinajstić information content (AvgIpc) is 2.99. The molecule has 1 aromatic heterocycles. The Morgan fingerprint density at radius 3 is 2.88 bits per heavy atom. The molecule has 92 valence electrons. The predicted molar refractivity (Wildman–Crippen MR) is 70.4 cm³/mol. The Morgan fingerprint density at radius 1 is 1.41 bits per heavy atom. The Morgan fingerprint density at radius 2 is 2.18 bits per heavy atom. The van der Waals surface area contributed by atoms with Crippen molar-refractivity contribution >= 4 is 22.2 Å². The van der Waals surface area contributed by atoms with Crippen molar-refractivity contribution in [3.8, 4) is 0 Å². The van der Waals surface area contributed by atoms with Crippen molar-refractivity contribution in [2.45, 2.75) is 45.1 Å². The normalized spacial score (nSPS) is 23.2. The van der Waals surface area contributed by atoms with Crippen molar-refractivity contribution < 1.29 is 4.79 Å². The molecule has 3 rings (SSSR count). The van der Waals surface area contributed by atoms with Gasteiger partial charge in [-0.3, -0.25) is 4.79 Å². The summed E-state index contributed by atoms with van der Waals surface area (Å²) in [4.78, 5) is 13.5. The van der Waals surface area contributed by atoms with E-state index in [1.165, 1.54) is 16.9 Å². The summed E-state index contributed by atoms with van der Waals surface area (Å²) in [5.74, 6) is 0.775. The fourth-order valence-corrected chi connectivity index (χ4v) is 3.78. The highest BCUT2D eigenvalue weighted by Gasteiger charge is 2.29. The van der Waals surface area contributed by atoms with Crippen molar-refractivity contribution in [3.05, 3.63) is 16.0 Å². The van der Waals surface area contributed by atoms with Crippen molar-refractivity contribution in [3.63, 3.8) is 0 Å². The third-order valence-electron chi connectivity index (χ3n) is 3.68. The largest absolute Gasteiger partial charge is 0.390 e. The second-order valence-corrected chi connectivity index (χ2v) is 6.48. The fraction of sp³-hybridized carbons (Fsp3) is 0.615. The Hall–Kier alpha value is -1.03. The molecule has 4 heteroatoms. The van der Waals surface area contributed by atoms with Crippen LogP contribution in [0.4, 0.5) is 5.00 Å².